The van der Waals surface area contributed by atoms with E-state index >= 15 is 0 Å². The Balaban J connectivity index is 1.65. The molecule has 3 aromatic rings. The molecule has 0 bridgehead atoms. The lowest BCUT2D eigenvalue weighted by atomic mass is 9.96. The molecule has 1 aliphatic rings. The molecule has 0 radical (unpaired) electrons. The number of benzene rings is 3. The second-order valence-electron chi connectivity index (χ2n) is 6.06. The van der Waals surface area contributed by atoms with Crippen molar-refractivity contribution in [3.63, 3.8) is 0 Å². The zero-order valence-corrected chi connectivity index (χ0v) is 13.7. The van der Waals surface area contributed by atoms with Gasteiger partial charge in [0.05, 0.1) is 7.11 Å². The average Bonchev–Trinajstić information content (AvgIpc) is 3.06. The van der Waals surface area contributed by atoms with E-state index in [1.807, 2.05) is 42.5 Å². The highest BCUT2D eigenvalue weighted by Crippen LogP contribution is 2.40. The Kier molecular flexibility index (Phi) is 3.96. The summed E-state index contributed by atoms with van der Waals surface area (Å²) in [7, 11) is 1.70. The van der Waals surface area contributed by atoms with Gasteiger partial charge in [0.1, 0.15) is 17.6 Å². The van der Waals surface area contributed by atoms with Crippen molar-refractivity contribution in [1.82, 2.24) is 0 Å². The van der Waals surface area contributed by atoms with Gasteiger partial charge in [0.25, 0.3) is 0 Å². The summed E-state index contributed by atoms with van der Waals surface area (Å²) in [6.45, 7) is 0. The summed E-state index contributed by atoms with van der Waals surface area (Å²) in [5.41, 5.74) is 5.25. The van der Waals surface area contributed by atoms with Gasteiger partial charge in [-0.25, -0.2) is 0 Å². The molecule has 4 rings (SSSR count). The van der Waals surface area contributed by atoms with Crippen molar-refractivity contribution >= 4 is 0 Å². The van der Waals surface area contributed by atoms with Gasteiger partial charge in [-0.15, -0.1) is 0 Å². The number of methoxy groups -OCH3 is 1. The fraction of sp³-hybridized carbons (Fsp3) is 0.182. The lowest BCUT2D eigenvalue weighted by molar-refractivity contribution is 0.207. The van der Waals surface area contributed by atoms with Crippen LogP contribution in [0.3, 0.4) is 0 Å². The Bertz CT molecular complexity index is 822. The van der Waals surface area contributed by atoms with Crippen LogP contribution >= 0.6 is 0 Å². The first kappa shape index (κ1) is 14.8. The van der Waals surface area contributed by atoms with Crippen LogP contribution in [0.4, 0.5) is 0 Å². The van der Waals surface area contributed by atoms with Crippen LogP contribution < -0.4 is 9.47 Å². The first-order valence-corrected chi connectivity index (χ1v) is 8.33. The van der Waals surface area contributed by atoms with Crippen LogP contribution in [0.15, 0.2) is 72.8 Å². The molecule has 120 valence electrons. The van der Waals surface area contributed by atoms with Gasteiger partial charge in [-0.2, -0.15) is 0 Å². The van der Waals surface area contributed by atoms with Crippen molar-refractivity contribution < 1.29 is 9.47 Å². The number of fused-ring (bicyclic) bond motifs is 1. The van der Waals surface area contributed by atoms with Gasteiger partial charge >= 0.3 is 0 Å². The summed E-state index contributed by atoms with van der Waals surface area (Å²) in [6, 6.07) is 24.9. The fourth-order valence-electron chi connectivity index (χ4n) is 3.44. The van der Waals surface area contributed by atoms with Crippen LogP contribution in [0.25, 0.3) is 11.1 Å². The normalized spacial score (nSPS) is 15.8. The van der Waals surface area contributed by atoms with Gasteiger partial charge in [-0.3, -0.25) is 0 Å². The number of ether oxygens (including phenoxy) is 2. The highest BCUT2D eigenvalue weighted by Gasteiger charge is 2.26. The minimum Gasteiger partial charge on any atom is -0.497 e. The fourth-order valence-corrected chi connectivity index (χ4v) is 3.44. The summed E-state index contributed by atoms with van der Waals surface area (Å²) in [5, 5.41) is 0. The summed E-state index contributed by atoms with van der Waals surface area (Å²) < 4.78 is 11.5. The van der Waals surface area contributed by atoms with Crippen molar-refractivity contribution in [1.29, 1.82) is 0 Å². The van der Waals surface area contributed by atoms with Gasteiger partial charge in [0.15, 0.2) is 0 Å². The van der Waals surface area contributed by atoms with Crippen molar-refractivity contribution in [2.45, 2.75) is 18.9 Å². The zero-order chi connectivity index (χ0) is 16.4. The Morgan fingerprint density at radius 2 is 1.58 bits per heavy atom. The summed E-state index contributed by atoms with van der Waals surface area (Å²) in [6.07, 6.45) is 2.22. The lowest BCUT2D eigenvalue weighted by Gasteiger charge is -2.16. The number of hydrogen-bond donors (Lipinski definition) is 0. The highest BCUT2D eigenvalue weighted by atomic mass is 16.5. The van der Waals surface area contributed by atoms with E-state index in [-0.39, 0.29) is 6.10 Å². The molecule has 1 aliphatic carbocycles. The predicted molar refractivity (Wildman–Crippen MR) is 96.6 cm³/mol. The molecular formula is C22H20O2. The summed E-state index contributed by atoms with van der Waals surface area (Å²) in [4.78, 5) is 0. The Morgan fingerprint density at radius 3 is 2.33 bits per heavy atom. The van der Waals surface area contributed by atoms with Crippen LogP contribution in [0, 0.1) is 0 Å². The molecule has 0 heterocycles. The molecule has 0 aliphatic heterocycles. The van der Waals surface area contributed by atoms with E-state index in [2.05, 4.69) is 30.3 Å². The lowest BCUT2D eigenvalue weighted by Crippen LogP contribution is -2.03. The maximum Gasteiger partial charge on any atom is 0.124 e. The SMILES string of the molecule is COc1ccc(-c2cccc3c2CC[C@H]3Oc2ccccc2)cc1. The number of para-hydroxylation sites is 1. The monoisotopic (exact) mass is 316 g/mol. The maximum absolute atomic E-state index is 6.21. The number of hydrogen-bond acceptors (Lipinski definition) is 2. The van der Waals surface area contributed by atoms with Crippen LogP contribution in [-0.2, 0) is 6.42 Å². The minimum absolute atomic E-state index is 0.139. The van der Waals surface area contributed by atoms with Crippen LogP contribution in [0.1, 0.15) is 23.7 Å². The molecule has 0 saturated carbocycles. The van der Waals surface area contributed by atoms with Crippen molar-refractivity contribution in [2.75, 3.05) is 7.11 Å². The molecule has 0 unspecified atom stereocenters. The molecule has 0 fully saturated rings. The molecule has 0 aromatic heterocycles. The molecule has 0 amide bonds. The van der Waals surface area contributed by atoms with Crippen LogP contribution in [-0.4, -0.2) is 7.11 Å². The summed E-state index contributed by atoms with van der Waals surface area (Å²) >= 11 is 0. The highest BCUT2D eigenvalue weighted by molar-refractivity contribution is 5.70. The smallest absolute Gasteiger partial charge is 0.124 e. The first-order valence-electron chi connectivity index (χ1n) is 8.33. The molecule has 0 saturated heterocycles. The summed E-state index contributed by atoms with van der Waals surface area (Å²) in [5.74, 6) is 1.82. The molecule has 1 atom stereocenters. The van der Waals surface area contributed by atoms with Gasteiger partial charge in [-0.05, 0) is 59.4 Å². The Labute approximate surface area is 142 Å². The van der Waals surface area contributed by atoms with Gasteiger partial charge < -0.3 is 9.47 Å². The number of rotatable bonds is 4. The van der Waals surface area contributed by atoms with E-state index in [4.69, 9.17) is 9.47 Å². The standard InChI is InChI=1S/C22H20O2/c1-23-17-12-10-16(11-13-17)19-8-5-9-21-20(19)14-15-22(21)24-18-6-3-2-4-7-18/h2-13,22H,14-15H2,1H3/t22-/m1/s1. The zero-order valence-electron chi connectivity index (χ0n) is 13.7. The van der Waals surface area contributed by atoms with Crippen LogP contribution in [0.5, 0.6) is 11.5 Å². The molecule has 2 nitrogen and oxygen atoms in total. The molecule has 0 spiro atoms. The first-order chi connectivity index (χ1) is 11.8. The van der Waals surface area contributed by atoms with E-state index in [1.165, 1.54) is 22.3 Å². The minimum atomic E-state index is 0.139. The third-order valence-corrected chi connectivity index (χ3v) is 4.64. The van der Waals surface area contributed by atoms with Crippen molar-refractivity contribution in [3.05, 3.63) is 83.9 Å². The second-order valence-corrected chi connectivity index (χ2v) is 6.06. The van der Waals surface area contributed by atoms with E-state index in [9.17, 15) is 0 Å². The third kappa shape index (κ3) is 2.76. The average molecular weight is 316 g/mol. The third-order valence-electron chi connectivity index (χ3n) is 4.64. The Hall–Kier alpha value is -2.74. The van der Waals surface area contributed by atoms with E-state index in [0.29, 0.717) is 0 Å². The van der Waals surface area contributed by atoms with E-state index < -0.39 is 0 Å². The van der Waals surface area contributed by atoms with Crippen molar-refractivity contribution in [2.24, 2.45) is 0 Å². The molecule has 0 N–H and O–H groups in total. The molecule has 2 heteroatoms. The molecule has 3 aromatic carbocycles. The van der Waals surface area contributed by atoms with E-state index in [0.717, 1.165) is 24.3 Å². The topological polar surface area (TPSA) is 18.5 Å². The maximum atomic E-state index is 6.21. The van der Waals surface area contributed by atoms with Crippen molar-refractivity contribution in [3.8, 4) is 22.6 Å². The quantitative estimate of drug-likeness (QED) is 0.639. The Morgan fingerprint density at radius 1 is 0.792 bits per heavy atom. The predicted octanol–water partition coefficient (Wildman–Crippen LogP) is 5.43. The largest absolute Gasteiger partial charge is 0.497 e. The van der Waals surface area contributed by atoms with E-state index in [1.54, 1.807) is 7.11 Å². The molecule has 24 heavy (non-hydrogen) atoms. The van der Waals surface area contributed by atoms with Gasteiger partial charge in [-0.1, -0.05) is 48.5 Å². The molecular weight excluding hydrogens is 296 g/mol. The van der Waals surface area contributed by atoms with Crippen LogP contribution in [0.2, 0.25) is 0 Å². The second kappa shape index (κ2) is 6.40. The van der Waals surface area contributed by atoms with Gasteiger partial charge in [0.2, 0.25) is 0 Å². The van der Waals surface area contributed by atoms with Gasteiger partial charge in [0, 0.05) is 0 Å².